The smallest absolute Gasteiger partial charge is 0.338 e. The molecule has 1 aliphatic heterocycles. The molecule has 1 saturated heterocycles. The van der Waals surface area contributed by atoms with Gasteiger partial charge in [0, 0.05) is 23.5 Å². The number of thiophene rings is 1. The number of benzene rings is 1. The minimum atomic E-state index is -4.54. The molecule has 4 nitrogen and oxygen atoms in total. The van der Waals surface area contributed by atoms with Gasteiger partial charge in [-0.3, -0.25) is 4.79 Å². The maximum absolute atomic E-state index is 12.8. The number of amides is 1. The van der Waals surface area contributed by atoms with Crippen LogP contribution >= 0.6 is 11.3 Å². The summed E-state index contributed by atoms with van der Waals surface area (Å²) < 4.78 is 63.6. The van der Waals surface area contributed by atoms with Crippen molar-refractivity contribution >= 4 is 27.1 Å². The van der Waals surface area contributed by atoms with Crippen molar-refractivity contribution in [2.75, 3.05) is 18.8 Å². The Bertz CT molecular complexity index is 892. The number of hydrogen-bond donors (Lipinski definition) is 0. The predicted octanol–water partition coefficient (Wildman–Crippen LogP) is 3.77. The second-order valence-corrected chi connectivity index (χ2v) is 9.31. The number of carbonyl (C=O) groups is 1. The lowest BCUT2D eigenvalue weighted by Gasteiger charge is -2.20. The fourth-order valence-corrected chi connectivity index (χ4v) is 5.96. The van der Waals surface area contributed by atoms with E-state index in [1.807, 2.05) is 0 Å². The molecule has 3 rings (SSSR count). The van der Waals surface area contributed by atoms with Crippen LogP contribution in [-0.4, -0.2) is 38.1 Å². The Hall–Kier alpha value is -1.87. The summed E-state index contributed by atoms with van der Waals surface area (Å²) >= 11 is 1.34. The first-order valence-electron chi connectivity index (χ1n) is 7.90. The minimum Gasteiger partial charge on any atom is -0.338 e. The van der Waals surface area contributed by atoms with Crippen LogP contribution in [0.5, 0.6) is 0 Å². The highest BCUT2D eigenvalue weighted by Crippen LogP contribution is 2.33. The van der Waals surface area contributed by atoms with Gasteiger partial charge in [0.25, 0.3) is 5.91 Å². The van der Waals surface area contributed by atoms with Crippen LogP contribution in [0, 0.1) is 0 Å². The van der Waals surface area contributed by atoms with E-state index in [-0.39, 0.29) is 30.8 Å². The third-order valence-corrected chi connectivity index (χ3v) is 7.57. The van der Waals surface area contributed by atoms with Crippen LogP contribution in [0.3, 0.4) is 0 Å². The second kappa shape index (κ2) is 7.03. The number of halogens is 3. The molecule has 0 spiro atoms. The zero-order valence-corrected chi connectivity index (χ0v) is 15.2. The van der Waals surface area contributed by atoms with Crippen molar-refractivity contribution in [3.63, 3.8) is 0 Å². The lowest BCUT2D eigenvalue weighted by Crippen LogP contribution is -2.33. The van der Waals surface area contributed by atoms with Crippen molar-refractivity contribution in [1.82, 2.24) is 4.90 Å². The van der Waals surface area contributed by atoms with E-state index in [1.54, 1.807) is 17.5 Å². The molecule has 1 amide bonds. The largest absolute Gasteiger partial charge is 0.416 e. The Kier molecular flexibility index (Phi) is 5.12. The minimum absolute atomic E-state index is 0.0285. The van der Waals surface area contributed by atoms with Crippen molar-refractivity contribution in [2.24, 2.45) is 0 Å². The number of nitrogens with zero attached hydrogens (tertiary/aromatic N) is 1. The summed E-state index contributed by atoms with van der Waals surface area (Å²) in [5.74, 6) is -0.793. The van der Waals surface area contributed by atoms with E-state index in [0.717, 1.165) is 17.0 Å². The highest BCUT2D eigenvalue weighted by Gasteiger charge is 2.34. The van der Waals surface area contributed by atoms with Crippen LogP contribution < -0.4 is 0 Å². The SMILES string of the molecule is O=C(c1cccc(C(F)(F)F)c1)N1CC[C@H](c2cccs2)S(=O)(=O)CC1. The third-order valence-electron chi connectivity index (χ3n) is 4.33. The lowest BCUT2D eigenvalue weighted by atomic mass is 10.1. The fraction of sp³-hybridized carbons (Fsp3) is 0.353. The first-order chi connectivity index (χ1) is 12.2. The number of alkyl halides is 3. The highest BCUT2D eigenvalue weighted by atomic mass is 32.2. The normalized spacial score (nSPS) is 20.6. The maximum atomic E-state index is 12.8. The van der Waals surface area contributed by atoms with E-state index >= 15 is 0 Å². The molecule has 0 saturated carbocycles. The molecule has 0 radical (unpaired) electrons. The highest BCUT2D eigenvalue weighted by molar-refractivity contribution is 7.91. The van der Waals surface area contributed by atoms with Crippen molar-refractivity contribution in [2.45, 2.75) is 17.8 Å². The van der Waals surface area contributed by atoms with Crippen LogP contribution in [0.1, 0.15) is 32.5 Å². The van der Waals surface area contributed by atoms with Crippen LogP contribution in [-0.2, 0) is 16.0 Å². The van der Waals surface area contributed by atoms with E-state index < -0.39 is 32.7 Å². The topological polar surface area (TPSA) is 54.5 Å². The summed E-state index contributed by atoms with van der Waals surface area (Å²) in [5.41, 5.74) is -0.992. The Labute approximate surface area is 153 Å². The maximum Gasteiger partial charge on any atom is 0.416 e. The quantitative estimate of drug-likeness (QED) is 0.767. The van der Waals surface area contributed by atoms with Crippen LogP contribution in [0.2, 0.25) is 0 Å². The summed E-state index contributed by atoms with van der Waals surface area (Å²) in [6.45, 7) is 0.149. The van der Waals surface area contributed by atoms with Gasteiger partial charge in [-0.1, -0.05) is 12.1 Å². The van der Waals surface area contributed by atoms with Gasteiger partial charge >= 0.3 is 6.18 Å². The average molecular weight is 403 g/mol. The molecule has 1 aromatic carbocycles. The Morgan fingerprint density at radius 2 is 1.92 bits per heavy atom. The van der Waals surface area contributed by atoms with E-state index in [0.29, 0.717) is 0 Å². The van der Waals surface area contributed by atoms with Crippen LogP contribution in [0.4, 0.5) is 13.2 Å². The summed E-state index contributed by atoms with van der Waals surface area (Å²) in [6, 6.07) is 7.71. The lowest BCUT2D eigenvalue weighted by molar-refractivity contribution is -0.137. The summed E-state index contributed by atoms with van der Waals surface area (Å²) in [7, 11) is -3.43. The standard InChI is InChI=1S/C17H16F3NO3S2/c18-17(19,20)13-4-1-3-12(11-13)16(22)21-7-6-15(14-5-2-9-25-14)26(23,24)10-8-21/h1-5,9,11,15H,6-8,10H2/t15-/m1/s1. The van der Waals surface area contributed by atoms with Crippen molar-refractivity contribution in [3.05, 3.63) is 57.8 Å². The molecule has 1 aromatic heterocycles. The zero-order chi connectivity index (χ0) is 18.9. The molecule has 1 atom stereocenters. The molecule has 2 heterocycles. The molecule has 26 heavy (non-hydrogen) atoms. The van der Waals surface area contributed by atoms with E-state index in [4.69, 9.17) is 0 Å². The molecular formula is C17H16F3NO3S2. The van der Waals surface area contributed by atoms with E-state index in [1.165, 1.54) is 28.4 Å². The Morgan fingerprint density at radius 1 is 1.15 bits per heavy atom. The van der Waals surface area contributed by atoms with Gasteiger partial charge < -0.3 is 4.90 Å². The van der Waals surface area contributed by atoms with Gasteiger partial charge in [0.05, 0.1) is 16.6 Å². The fourth-order valence-electron chi connectivity index (χ4n) is 2.95. The summed E-state index contributed by atoms with van der Waals surface area (Å²) in [5, 5.41) is 1.11. The second-order valence-electron chi connectivity index (χ2n) is 6.03. The van der Waals surface area contributed by atoms with Crippen molar-refractivity contribution in [3.8, 4) is 0 Å². The van der Waals surface area contributed by atoms with Gasteiger partial charge in [-0.15, -0.1) is 11.3 Å². The van der Waals surface area contributed by atoms with Gasteiger partial charge in [0.15, 0.2) is 9.84 Å². The number of hydrogen-bond acceptors (Lipinski definition) is 4. The zero-order valence-electron chi connectivity index (χ0n) is 13.6. The molecule has 140 valence electrons. The van der Waals surface area contributed by atoms with E-state index in [2.05, 4.69) is 0 Å². The first kappa shape index (κ1) is 18.9. The molecule has 2 aromatic rings. The van der Waals surface area contributed by atoms with Crippen molar-refractivity contribution in [1.29, 1.82) is 0 Å². The monoisotopic (exact) mass is 403 g/mol. The molecule has 0 unspecified atom stereocenters. The number of sulfone groups is 1. The molecule has 1 aliphatic rings. The van der Waals surface area contributed by atoms with Gasteiger partial charge in [0.1, 0.15) is 0 Å². The van der Waals surface area contributed by atoms with E-state index in [9.17, 15) is 26.4 Å². The van der Waals surface area contributed by atoms with Crippen LogP contribution in [0.15, 0.2) is 41.8 Å². The third kappa shape index (κ3) is 3.93. The summed E-state index contributed by atoms with van der Waals surface area (Å²) in [4.78, 5) is 14.6. The predicted molar refractivity (Wildman–Crippen MR) is 92.8 cm³/mol. The van der Waals surface area contributed by atoms with Gasteiger partial charge in [0.2, 0.25) is 0 Å². The molecule has 0 N–H and O–H groups in total. The Morgan fingerprint density at radius 3 is 2.58 bits per heavy atom. The average Bonchev–Trinajstić information content (AvgIpc) is 3.05. The summed E-state index contributed by atoms with van der Waals surface area (Å²) in [6.07, 6.45) is -4.31. The van der Waals surface area contributed by atoms with Crippen molar-refractivity contribution < 1.29 is 26.4 Å². The number of rotatable bonds is 2. The van der Waals surface area contributed by atoms with Gasteiger partial charge in [-0.2, -0.15) is 13.2 Å². The van der Waals surface area contributed by atoms with Gasteiger partial charge in [-0.25, -0.2) is 8.42 Å². The van der Waals surface area contributed by atoms with Crippen LogP contribution in [0.25, 0.3) is 0 Å². The first-order valence-corrected chi connectivity index (χ1v) is 10.5. The molecule has 1 fully saturated rings. The molecule has 0 bridgehead atoms. The molecule has 0 aliphatic carbocycles. The number of carbonyl (C=O) groups excluding carboxylic acids is 1. The van der Waals surface area contributed by atoms with Gasteiger partial charge in [-0.05, 0) is 36.1 Å². The Balaban J connectivity index is 1.82. The molecular weight excluding hydrogens is 387 g/mol. The molecule has 9 heteroatoms.